The van der Waals surface area contributed by atoms with Crippen LogP contribution < -0.4 is 5.73 Å². The molecular weight excluding hydrogens is 264 g/mol. The van der Waals surface area contributed by atoms with Gasteiger partial charge in [0.15, 0.2) is 0 Å². The average Bonchev–Trinajstić information content (AvgIpc) is 2.46. The Balaban J connectivity index is 1.82. The second kappa shape index (κ2) is 6.37. The van der Waals surface area contributed by atoms with Gasteiger partial charge in [0.1, 0.15) is 0 Å². The van der Waals surface area contributed by atoms with Gasteiger partial charge in [0.25, 0.3) is 0 Å². The van der Waals surface area contributed by atoms with Crippen LogP contribution in [0.3, 0.4) is 0 Å². The fraction of sp³-hybridized carbons (Fsp3) is 0.882. The van der Waals surface area contributed by atoms with E-state index in [0.717, 1.165) is 44.4 Å². The molecule has 1 aliphatic carbocycles. The molecule has 0 unspecified atom stereocenters. The highest BCUT2D eigenvalue weighted by Crippen LogP contribution is 2.40. The van der Waals surface area contributed by atoms with Crippen LogP contribution in [0.4, 0.5) is 0 Å². The van der Waals surface area contributed by atoms with Crippen molar-refractivity contribution in [3.8, 4) is 0 Å². The van der Waals surface area contributed by atoms with E-state index in [2.05, 4.69) is 20.8 Å². The molecule has 2 aliphatic rings. The highest BCUT2D eigenvalue weighted by molar-refractivity contribution is 5.80. The number of piperidine rings is 1. The van der Waals surface area contributed by atoms with Gasteiger partial charge in [0, 0.05) is 24.9 Å². The first-order valence-electron chi connectivity index (χ1n) is 8.37. The van der Waals surface area contributed by atoms with Crippen molar-refractivity contribution < 1.29 is 9.59 Å². The lowest BCUT2D eigenvalue weighted by Gasteiger charge is -2.39. The van der Waals surface area contributed by atoms with Gasteiger partial charge in [-0.25, -0.2) is 0 Å². The van der Waals surface area contributed by atoms with E-state index in [-0.39, 0.29) is 17.7 Å². The predicted molar refractivity (Wildman–Crippen MR) is 83.4 cm³/mol. The number of amides is 2. The van der Waals surface area contributed by atoms with Gasteiger partial charge in [-0.1, -0.05) is 20.8 Å². The third-order valence-corrected chi connectivity index (χ3v) is 5.51. The van der Waals surface area contributed by atoms with Gasteiger partial charge >= 0.3 is 0 Å². The molecule has 0 atom stereocenters. The summed E-state index contributed by atoms with van der Waals surface area (Å²) in [4.78, 5) is 25.7. The number of carbonyl (C=O) groups is 2. The molecule has 0 radical (unpaired) electrons. The van der Waals surface area contributed by atoms with E-state index in [1.165, 1.54) is 0 Å². The smallest absolute Gasteiger partial charge is 0.225 e. The normalized spacial score (nSPS) is 28.4. The van der Waals surface area contributed by atoms with Crippen LogP contribution in [0.2, 0.25) is 0 Å². The van der Waals surface area contributed by atoms with Crippen LogP contribution in [0, 0.1) is 23.2 Å². The standard InChI is InChI=1S/C17H30N2O2/c1-17(2,3)14-6-4-13(5-7-14)16(21)19-10-8-12(9-11-19)15(18)20/h12-14H,4-11H2,1-3H3,(H2,18,20). The largest absolute Gasteiger partial charge is 0.369 e. The molecule has 0 aromatic carbocycles. The van der Waals surface area contributed by atoms with E-state index in [9.17, 15) is 9.59 Å². The Kier molecular flexibility index (Phi) is 4.95. The fourth-order valence-corrected chi connectivity index (χ4v) is 3.85. The number of nitrogens with two attached hydrogens (primary N) is 1. The Morgan fingerprint density at radius 2 is 1.43 bits per heavy atom. The van der Waals surface area contributed by atoms with Gasteiger partial charge in [-0.3, -0.25) is 9.59 Å². The topological polar surface area (TPSA) is 63.4 Å². The van der Waals surface area contributed by atoms with E-state index >= 15 is 0 Å². The lowest BCUT2D eigenvalue weighted by Crippen LogP contribution is -2.45. The molecule has 2 N–H and O–H groups in total. The number of primary amides is 1. The molecule has 0 bridgehead atoms. The maximum Gasteiger partial charge on any atom is 0.225 e. The molecule has 2 rings (SSSR count). The molecule has 0 aromatic heterocycles. The summed E-state index contributed by atoms with van der Waals surface area (Å²) in [6, 6.07) is 0. The highest BCUT2D eigenvalue weighted by Gasteiger charge is 2.35. The van der Waals surface area contributed by atoms with Gasteiger partial charge in [0.05, 0.1) is 0 Å². The Labute approximate surface area is 128 Å². The summed E-state index contributed by atoms with van der Waals surface area (Å²) in [5.41, 5.74) is 5.70. The fourth-order valence-electron chi connectivity index (χ4n) is 3.85. The highest BCUT2D eigenvalue weighted by atomic mass is 16.2. The first-order valence-corrected chi connectivity index (χ1v) is 8.37. The number of hydrogen-bond donors (Lipinski definition) is 1. The molecule has 21 heavy (non-hydrogen) atoms. The quantitative estimate of drug-likeness (QED) is 0.850. The van der Waals surface area contributed by atoms with Crippen LogP contribution in [-0.4, -0.2) is 29.8 Å². The van der Waals surface area contributed by atoms with Crippen LogP contribution in [0.1, 0.15) is 59.3 Å². The molecule has 4 heteroatoms. The minimum absolute atomic E-state index is 0.0364. The average molecular weight is 294 g/mol. The van der Waals surface area contributed by atoms with Gasteiger partial charge in [-0.2, -0.15) is 0 Å². The summed E-state index contributed by atoms with van der Waals surface area (Å²) in [6.45, 7) is 8.30. The Morgan fingerprint density at radius 1 is 0.905 bits per heavy atom. The SMILES string of the molecule is CC(C)(C)C1CCC(C(=O)N2CCC(C(N)=O)CC2)CC1. The summed E-state index contributed by atoms with van der Waals surface area (Å²) in [5, 5.41) is 0. The number of likely N-dealkylation sites (tertiary alicyclic amines) is 1. The number of rotatable bonds is 2. The third kappa shape index (κ3) is 3.98. The van der Waals surface area contributed by atoms with Crippen LogP contribution >= 0.6 is 0 Å². The monoisotopic (exact) mass is 294 g/mol. The summed E-state index contributed by atoms with van der Waals surface area (Å²) in [7, 11) is 0. The van der Waals surface area contributed by atoms with Crippen molar-refractivity contribution in [3.05, 3.63) is 0 Å². The van der Waals surface area contributed by atoms with Gasteiger partial charge in [-0.15, -0.1) is 0 Å². The van der Waals surface area contributed by atoms with E-state index in [4.69, 9.17) is 5.73 Å². The summed E-state index contributed by atoms with van der Waals surface area (Å²) in [6.07, 6.45) is 5.85. The summed E-state index contributed by atoms with van der Waals surface area (Å²) in [5.74, 6) is 1.000. The van der Waals surface area contributed by atoms with Crippen molar-refractivity contribution in [1.29, 1.82) is 0 Å². The van der Waals surface area contributed by atoms with Crippen molar-refractivity contribution in [2.75, 3.05) is 13.1 Å². The second-order valence-corrected chi connectivity index (χ2v) is 7.92. The third-order valence-electron chi connectivity index (χ3n) is 5.51. The second-order valence-electron chi connectivity index (χ2n) is 7.92. The Bertz CT molecular complexity index is 384. The first-order chi connectivity index (χ1) is 9.79. The molecule has 4 nitrogen and oxygen atoms in total. The molecule has 1 saturated carbocycles. The molecule has 1 saturated heterocycles. The minimum Gasteiger partial charge on any atom is -0.369 e. The molecule has 2 amide bonds. The van der Waals surface area contributed by atoms with Crippen LogP contribution in [-0.2, 0) is 9.59 Å². The molecule has 1 aliphatic heterocycles. The molecule has 0 aromatic rings. The van der Waals surface area contributed by atoms with Crippen molar-refractivity contribution in [3.63, 3.8) is 0 Å². The van der Waals surface area contributed by atoms with Crippen molar-refractivity contribution in [2.45, 2.75) is 59.3 Å². The van der Waals surface area contributed by atoms with E-state index < -0.39 is 0 Å². The Hall–Kier alpha value is -1.06. The number of carbonyl (C=O) groups excluding carboxylic acids is 2. The van der Waals surface area contributed by atoms with Gasteiger partial charge < -0.3 is 10.6 Å². The zero-order valence-electron chi connectivity index (χ0n) is 13.7. The zero-order chi connectivity index (χ0) is 15.6. The number of nitrogens with zero attached hydrogens (tertiary/aromatic N) is 1. The molecule has 1 heterocycles. The Morgan fingerprint density at radius 3 is 1.86 bits per heavy atom. The van der Waals surface area contributed by atoms with E-state index in [0.29, 0.717) is 24.4 Å². The maximum absolute atomic E-state index is 12.6. The maximum atomic E-state index is 12.6. The van der Waals surface area contributed by atoms with Crippen LogP contribution in [0.25, 0.3) is 0 Å². The van der Waals surface area contributed by atoms with E-state index in [1.54, 1.807) is 0 Å². The predicted octanol–water partition coefficient (Wildman–Crippen LogP) is 2.56. The summed E-state index contributed by atoms with van der Waals surface area (Å²) < 4.78 is 0. The molecule has 2 fully saturated rings. The van der Waals surface area contributed by atoms with E-state index in [1.807, 2.05) is 4.90 Å². The lowest BCUT2D eigenvalue weighted by atomic mass is 9.69. The minimum atomic E-state index is -0.215. The molecule has 120 valence electrons. The molecule has 0 spiro atoms. The zero-order valence-corrected chi connectivity index (χ0v) is 13.7. The summed E-state index contributed by atoms with van der Waals surface area (Å²) >= 11 is 0. The number of hydrogen-bond acceptors (Lipinski definition) is 2. The van der Waals surface area contributed by atoms with Crippen molar-refractivity contribution >= 4 is 11.8 Å². The first kappa shape index (κ1) is 16.3. The van der Waals surface area contributed by atoms with Gasteiger partial charge in [0.2, 0.25) is 11.8 Å². The van der Waals surface area contributed by atoms with Crippen molar-refractivity contribution in [1.82, 2.24) is 4.90 Å². The lowest BCUT2D eigenvalue weighted by molar-refractivity contribution is -0.140. The van der Waals surface area contributed by atoms with Crippen LogP contribution in [0.15, 0.2) is 0 Å². The van der Waals surface area contributed by atoms with Crippen LogP contribution in [0.5, 0.6) is 0 Å². The molecular formula is C17H30N2O2. The van der Waals surface area contributed by atoms with Gasteiger partial charge in [-0.05, 0) is 49.9 Å². The van der Waals surface area contributed by atoms with Crippen molar-refractivity contribution in [2.24, 2.45) is 28.9 Å².